The van der Waals surface area contributed by atoms with Gasteiger partial charge in [-0.05, 0) is 12.1 Å². The van der Waals surface area contributed by atoms with E-state index in [-0.39, 0.29) is 40.4 Å². The molecule has 4 heteroatoms. The Balaban J connectivity index is 0.00000108. The first-order valence-electron chi connectivity index (χ1n) is 5.06. The normalized spacial score (nSPS) is 9.05. The summed E-state index contributed by atoms with van der Waals surface area (Å²) in [5, 5.41) is 11.6. The van der Waals surface area contributed by atoms with E-state index >= 15 is 0 Å². The van der Waals surface area contributed by atoms with Gasteiger partial charge in [0, 0.05) is 25.4 Å². The van der Waals surface area contributed by atoms with E-state index < -0.39 is 0 Å². The van der Waals surface area contributed by atoms with Gasteiger partial charge in [-0.3, -0.25) is 0 Å². The molecule has 0 saturated carbocycles. The van der Waals surface area contributed by atoms with Crippen molar-refractivity contribution >= 4 is 30.8 Å². The number of aromatic amines is 1. The van der Waals surface area contributed by atoms with Gasteiger partial charge in [0.15, 0.2) is 0 Å². The summed E-state index contributed by atoms with van der Waals surface area (Å²) in [4.78, 5) is 7.53. The van der Waals surface area contributed by atoms with Crippen LogP contribution in [0.25, 0.3) is 22.4 Å². The van der Waals surface area contributed by atoms with Crippen molar-refractivity contribution in [3.63, 3.8) is 0 Å². The minimum absolute atomic E-state index is 0. The van der Waals surface area contributed by atoms with Crippen molar-refractivity contribution in [3.8, 4) is 17.1 Å². The van der Waals surface area contributed by atoms with Gasteiger partial charge in [-0.15, -0.1) is 0 Å². The molecule has 0 unspecified atom stereocenters. The van der Waals surface area contributed by atoms with Gasteiger partial charge in [0.25, 0.3) is 0 Å². The maximum Gasteiger partial charge on any atom is 0.137 e. The maximum atomic E-state index is 11.6. The van der Waals surface area contributed by atoms with Crippen LogP contribution >= 0.6 is 0 Å². The predicted molar refractivity (Wildman–Crippen MR) is 80.2 cm³/mol. The van der Waals surface area contributed by atoms with Crippen LogP contribution in [0.1, 0.15) is 14.9 Å². The summed E-state index contributed by atoms with van der Waals surface area (Å²) < 4.78 is 0. The van der Waals surface area contributed by atoms with Crippen LogP contribution in [0.3, 0.4) is 0 Å². The molecule has 0 bridgehead atoms. The molecular weight excluding hydrogens is 294 g/mol. The van der Waals surface area contributed by atoms with Crippen LogP contribution in [0.15, 0.2) is 48.5 Å². The number of aromatic nitrogens is 2. The minimum atomic E-state index is -0.0124. The van der Waals surface area contributed by atoms with Crippen molar-refractivity contribution in [1.29, 1.82) is 0 Å². The summed E-state index contributed by atoms with van der Waals surface area (Å²) in [7, 11) is 0. The predicted octanol–water partition coefficient (Wildman–Crippen LogP) is 3.19. The Morgan fingerprint density at radius 1 is 0.895 bits per heavy atom. The number of benzene rings is 2. The number of nitrogens with zero attached hydrogens (tertiary/aromatic N) is 1. The number of hydrogen-bond donors (Lipinski definition) is 1. The Morgan fingerprint density at radius 2 is 1.53 bits per heavy atom. The van der Waals surface area contributed by atoms with E-state index in [2.05, 4.69) is 9.97 Å². The average molecular weight is 311 g/mol. The number of nitrogens with one attached hydrogen (secondary N) is 1. The minimum Gasteiger partial charge on any atom is -0.872 e. The molecule has 19 heavy (non-hydrogen) atoms. The fraction of sp³-hybridized carbons (Fsp3) is 0.133. The first-order valence-corrected chi connectivity index (χ1v) is 5.06. The summed E-state index contributed by atoms with van der Waals surface area (Å²) >= 11 is 0. The van der Waals surface area contributed by atoms with Crippen LogP contribution < -0.4 is 5.11 Å². The van der Waals surface area contributed by atoms with Crippen LogP contribution in [-0.4, -0.2) is 29.8 Å². The topological polar surface area (TPSA) is 51.7 Å². The van der Waals surface area contributed by atoms with Gasteiger partial charge in [-0.1, -0.05) is 57.0 Å². The van der Waals surface area contributed by atoms with E-state index in [1.165, 1.54) is 0 Å². The molecule has 3 nitrogen and oxygen atoms in total. The van der Waals surface area contributed by atoms with E-state index in [1.807, 2.05) is 30.3 Å². The van der Waals surface area contributed by atoms with Crippen molar-refractivity contribution in [2.75, 3.05) is 0 Å². The van der Waals surface area contributed by atoms with Crippen LogP contribution in [0, 0.1) is 0 Å². The molecule has 3 radical (unpaired) electrons. The Kier molecular flexibility index (Phi) is 6.45. The van der Waals surface area contributed by atoms with Gasteiger partial charge in [0.2, 0.25) is 0 Å². The third-order valence-corrected chi connectivity index (χ3v) is 2.53. The second-order valence-corrected chi connectivity index (χ2v) is 3.60. The van der Waals surface area contributed by atoms with E-state index in [9.17, 15) is 5.11 Å². The maximum absolute atomic E-state index is 11.6. The number of rotatable bonds is 1. The van der Waals surface area contributed by atoms with Crippen molar-refractivity contribution in [2.45, 2.75) is 14.9 Å². The molecule has 1 N–H and O–H groups in total. The molecule has 1 heterocycles. The summed E-state index contributed by atoms with van der Waals surface area (Å²) in [5.74, 6) is 0.619. The zero-order valence-electron chi connectivity index (χ0n) is 9.05. The van der Waals surface area contributed by atoms with E-state index in [0.717, 1.165) is 11.0 Å². The SMILES string of the molecule is C.C.[Ga].[O-]c1ccccc1-c1nc2ccccc2[nH]1. The van der Waals surface area contributed by atoms with Gasteiger partial charge >= 0.3 is 0 Å². The standard InChI is InChI=1S/C13H10N2O.2CH4.Ga/c16-12-8-4-1-5-9(12)13-14-10-6-2-3-7-11(10)15-13;;;/h1-8,16H,(H,14,15);2*1H4;/p-1. The van der Waals surface area contributed by atoms with E-state index in [0.29, 0.717) is 11.4 Å². The Bertz CT molecular complexity index is 616. The molecule has 3 rings (SSSR count). The second kappa shape index (κ2) is 7.06. The zero-order chi connectivity index (χ0) is 11.0. The number of imidazole rings is 1. The molecule has 3 aromatic rings. The molecule has 0 amide bonds. The van der Waals surface area contributed by atoms with Crippen LogP contribution in [0.4, 0.5) is 0 Å². The van der Waals surface area contributed by atoms with Gasteiger partial charge in [-0.25, -0.2) is 4.98 Å². The first-order chi connectivity index (χ1) is 7.84. The quantitative estimate of drug-likeness (QED) is 0.702. The van der Waals surface area contributed by atoms with Crippen molar-refractivity contribution in [3.05, 3.63) is 48.5 Å². The molecule has 1 aromatic heterocycles. The summed E-state index contributed by atoms with van der Waals surface area (Å²) in [5.41, 5.74) is 2.43. The molecule has 2 aromatic carbocycles. The molecule has 0 saturated heterocycles. The summed E-state index contributed by atoms with van der Waals surface area (Å²) in [6, 6.07) is 14.6. The third-order valence-electron chi connectivity index (χ3n) is 2.53. The second-order valence-electron chi connectivity index (χ2n) is 3.60. The van der Waals surface area contributed by atoms with Gasteiger partial charge in [-0.2, -0.15) is 0 Å². The molecular formula is C15H17GaN2O-. The smallest absolute Gasteiger partial charge is 0.137 e. The Labute approximate surface area is 126 Å². The molecule has 0 atom stereocenters. The van der Waals surface area contributed by atoms with Gasteiger partial charge in [0.05, 0.1) is 11.0 Å². The van der Waals surface area contributed by atoms with Crippen molar-refractivity contribution in [1.82, 2.24) is 9.97 Å². The van der Waals surface area contributed by atoms with Crippen LogP contribution in [0.5, 0.6) is 5.75 Å². The van der Waals surface area contributed by atoms with Gasteiger partial charge in [0.1, 0.15) is 5.82 Å². The fourth-order valence-electron chi connectivity index (χ4n) is 1.74. The molecule has 0 aliphatic heterocycles. The molecule has 0 fully saturated rings. The zero-order valence-corrected chi connectivity index (χ0v) is 11.5. The number of H-pyrrole nitrogens is 1. The fourth-order valence-corrected chi connectivity index (χ4v) is 1.74. The van der Waals surface area contributed by atoms with Crippen LogP contribution in [0.2, 0.25) is 0 Å². The number of para-hydroxylation sites is 3. The molecule has 0 spiro atoms. The monoisotopic (exact) mass is 310 g/mol. The van der Waals surface area contributed by atoms with Gasteiger partial charge < -0.3 is 10.1 Å². The molecule has 97 valence electrons. The Morgan fingerprint density at radius 3 is 2.21 bits per heavy atom. The molecule has 0 aliphatic rings. The Hall–Kier alpha value is -1.65. The summed E-state index contributed by atoms with van der Waals surface area (Å²) in [6.07, 6.45) is 0. The summed E-state index contributed by atoms with van der Waals surface area (Å²) in [6.45, 7) is 0. The van der Waals surface area contributed by atoms with Crippen molar-refractivity contribution < 1.29 is 5.11 Å². The largest absolute Gasteiger partial charge is 0.872 e. The first kappa shape index (κ1) is 17.3. The average Bonchev–Trinajstić information content (AvgIpc) is 2.73. The van der Waals surface area contributed by atoms with E-state index in [4.69, 9.17) is 0 Å². The van der Waals surface area contributed by atoms with E-state index in [1.54, 1.807) is 18.2 Å². The number of fused-ring (bicyclic) bond motifs is 1. The number of hydrogen-bond acceptors (Lipinski definition) is 2. The van der Waals surface area contributed by atoms with Crippen molar-refractivity contribution in [2.24, 2.45) is 0 Å². The van der Waals surface area contributed by atoms with Crippen LogP contribution in [-0.2, 0) is 0 Å². The third kappa shape index (κ3) is 3.22. The molecule has 0 aliphatic carbocycles.